The molecule has 0 aliphatic rings. The van der Waals surface area contributed by atoms with Gasteiger partial charge in [0.1, 0.15) is 31.9 Å². The van der Waals surface area contributed by atoms with Crippen LogP contribution in [-0.4, -0.2) is 32.8 Å². The van der Waals surface area contributed by atoms with Crippen LogP contribution in [0.15, 0.2) is 45.9 Å². The highest BCUT2D eigenvalue weighted by Gasteiger charge is 2.29. The van der Waals surface area contributed by atoms with Gasteiger partial charge in [0, 0.05) is 28.4 Å². The smallest absolute Gasteiger partial charge is 0.266 e. The van der Waals surface area contributed by atoms with Crippen LogP contribution in [0.4, 0.5) is 5.88 Å². The molecule has 1 N–H and O–H groups in total. The number of halogens is 1. The van der Waals surface area contributed by atoms with Crippen molar-refractivity contribution in [1.82, 2.24) is 10.1 Å². The molecule has 0 fully saturated rings. The Bertz CT molecular complexity index is 1340. The summed E-state index contributed by atoms with van der Waals surface area (Å²) < 4.78 is 45.2. The lowest BCUT2D eigenvalue weighted by Crippen LogP contribution is -2.14. The summed E-state index contributed by atoms with van der Waals surface area (Å²) in [5.74, 6) is 1.05. The Morgan fingerprint density at radius 3 is 2.48 bits per heavy atom. The van der Waals surface area contributed by atoms with Crippen LogP contribution in [0.25, 0.3) is 10.2 Å². The average Bonchev–Trinajstić information content (AvgIpc) is 3.28. The van der Waals surface area contributed by atoms with Crippen molar-refractivity contribution in [2.75, 3.05) is 18.9 Å². The molecule has 11 heteroatoms. The third-order valence-corrected chi connectivity index (χ3v) is 7.79. The van der Waals surface area contributed by atoms with Crippen molar-refractivity contribution in [3.63, 3.8) is 0 Å². The first-order valence-electron chi connectivity index (χ1n) is 9.06. The zero-order chi connectivity index (χ0) is 22.2. The van der Waals surface area contributed by atoms with Gasteiger partial charge >= 0.3 is 0 Å². The van der Waals surface area contributed by atoms with E-state index >= 15 is 0 Å². The van der Waals surface area contributed by atoms with E-state index < -0.39 is 10.0 Å². The van der Waals surface area contributed by atoms with Crippen molar-refractivity contribution >= 4 is 49.1 Å². The molecule has 31 heavy (non-hydrogen) atoms. The minimum Gasteiger partial charge on any atom is -0.496 e. The fourth-order valence-corrected chi connectivity index (χ4v) is 6.28. The molecule has 0 unspecified atom stereocenters. The Balaban J connectivity index is 1.87. The van der Waals surface area contributed by atoms with E-state index in [4.69, 9.17) is 25.6 Å². The van der Waals surface area contributed by atoms with E-state index in [0.717, 1.165) is 5.56 Å². The number of hydrogen-bond acceptors (Lipinski definition) is 8. The quantitative estimate of drug-likeness (QED) is 0.411. The van der Waals surface area contributed by atoms with Gasteiger partial charge in [-0.2, -0.15) is 0 Å². The molecule has 0 spiro atoms. The normalized spacial score (nSPS) is 11.6. The number of thiophene rings is 1. The van der Waals surface area contributed by atoms with Crippen LogP contribution >= 0.6 is 22.9 Å². The lowest BCUT2D eigenvalue weighted by molar-refractivity contribution is 0.387. The number of anilines is 1. The number of rotatable bonds is 7. The summed E-state index contributed by atoms with van der Waals surface area (Å²) in [5, 5.41) is 4.31. The molecule has 3 heterocycles. The minimum atomic E-state index is -4.08. The second kappa shape index (κ2) is 8.37. The van der Waals surface area contributed by atoms with E-state index in [2.05, 4.69) is 14.9 Å². The number of nitrogens with zero attached hydrogens (tertiary/aromatic N) is 2. The molecule has 0 saturated carbocycles. The summed E-state index contributed by atoms with van der Waals surface area (Å²) in [6, 6.07) is 8.80. The van der Waals surface area contributed by atoms with E-state index in [1.807, 2.05) is 0 Å². The maximum Gasteiger partial charge on any atom is 0.266 e. The van der Waals surface area contributed by atoms with Crippen molar-refractivity contribution in [3.8, 4) is 11.5 Å². The van der Waals surface area contributed by atoms with Crippen molar-refractivity contribution in [3.05, 3.63) is 57.7 Å². The van der Waals surface area contributed by atoms with Crippen molar-refractivity contribution in [1.29, 1.82) is 0 Å². The molecule has 0 radical (unpaired) electrons. The van der Waals surface area contributed by atoms with Crippen LogP contribution < -0.4 is 14.2 Å². The maximum atomic E-state index is 13.4. The molecule has 162 valence electrons. The number of aryl methyl sites for hydroxylation is 1. The Morgan fingerprint density at radius 2 is 1.87 bits per heavy atom. The third-order valence-electron chi connectivity index (χ3n) is 4.64. The Labute approximate surface area is 187 Å². The van der Waals surface area contributed by atoms with E-state index in [1.165, 1.54) is 11.3 Å². The maximum absolute atomic E-state index is 13.4. The summed E-state index contributed by atoms with van der Waals surface area (Å²) >= 11 is 7.40. The molecule has 0 aliphatic heterocycles. The van der Waals surface area contributed by atoms with Gasteiger partial charge in [0.15, 0.2) is 0 Å². The second-order valence-corrected chi connectivity index (χ2v) is 9.63. The zero-order valence-corrected chi connectivity index (χ0v) is 19.2. The number of methoxy groups -OCH3 is 2. The zero-order valence-electron chi connectivity index (χ0n) is 16.8. The first kappa shape index (κ1) is 21.4. The van der Waals surface area contributed by atoms with Crippen LogP contribution in [0.2, 0.25) is 5.02 Å². The van der Waals surface area contributed by atoms with Crippen molar-refractivity contribution < 1.29 is 22.4 Å². The molecule has 0 bridgehead atoms. The molecule has 0 amide bonds. The van der Waals surface area contributed by atoms with Crippen LogP contribution in [-0.2, 0) is 16.4 Å². The summed E-state index contributed by atoms with van der Waals surface area (Å²) in [5.41, 5.74) is 1.11. The number of benzene rings is 1. The van der Waals surface area contributed by atoms with Gasteiger partial charge in [-0.15, -0.1) is 11.3 Å². The van der Waals surface area contributed by atoms with Gasteiger partial charge in [0.25, 0.3) is 15.9 Å². The van der Waals surface area contributed by atoms with Gasteiger partial charge in [-0.25, -0.2) is 18.1 Å². The fourth-order valence-electron chi connectivity index (χ4n) is 3.23. The van der Waals surface area contributed by atoms with E-state index in [-0.39, 0.29) is 22.2 Å². The molecule has 1 aromatic carbocycles. The molecule has 0 saturated heterocycles. The molecule has 3 aromatic heterocycles. The summed E-state index contributed by atoms with van der Waals surface area (Å²) in [4.78, 5) is 5.58. The fraction of sp³-hybridized carbons (Fsp3) is 0.200. The van der Waals surface area contributed by atoms with Crippen LogP contribution in [0.1, 0.15) is 16.1 Å². The molecule has 4 aromatic rings. The molecule has 4 rings (SSSR count). The van der Waals surface area contributed by atoms with Gasteiger partial charge in [0.2, 0.25) is 0 Å². The lowest BCUT2D eigenvalue weighted by atomic mass is 10.1. The van der Waals surface area contributed by atoms with Crippen LogP contribution in [0, 0.1) is 6.92 Å². The summed E-state index contributed by atoms with van der Waals surface area (Å²) in [6.07, 6.45) is 1.88. The van der Waals surface area contributed by atoms with Crippen molar-refractivity contribution in [2.45, 2.75) is 18.2 Å². The SMILES string of the molecule is COc1cccc(OC)c1Cc1sc2ncccc2c1S(=O)(=O)Nc1onc(C)c1Cl. The Kier molecular flexibility index (Phi) is 5.78. The van der Waals surface area contributed by atoms with E-state index in [9.17, 15) is 8.42 Å². The molecular formula is C20H18ClN3O5S2. The monoisotopic (exact) mass is 479 g/mol. The first-order chi connectivity index (χ1) is 14.9. The Hall–Kier alpha value is -2.82. The number of aromatic nitrogens is 2. The lowest BCUT2D eigenvalue weighted by Gasteiger charge is -2.13. The standard InChI is InChI=1S/C20H18ClN3O5S2/c1-11-17(21)19(29-23-11)24-31(25,26)18-12-6-5-9-22-20(12)30-16(18)10-13-14(27-2)7-4-8-15(13)28-3/h4-9,24H,10H2,1-3H3. The first-order valence-corrected chi connectivity index (χ1v) is 11.7. The van der Waals surface area contributed by atoms with Gasteiger partial charge in [-0.3, -0.25) is 0 Å². The molecular weight excluding hydrogens is 462 g/mol. The highest BCUT2D eigenvalue weighted by molar-refractivity contribution is 7.93. The number of hydrogen-bond donors (Lipinski definition) is 1. The Morgan fingerprint density at radius 1 is 1.16 bits per heavy atom. The topological polar surface area (TPSA) is 104 Å². The van der Waals surface area contributed by atoms with Gasteiger partial charge in [0.05, 0.1) is 14.2 Å². The molecule has 8 nitrogen and oxygen atoms in total. The highest BCUT2D eigenvalue weighted by Crippen LogP contribution is 2.40. The van der Waals surface area contributed by atoms with Gasteiger partial charge in [-0.05, 0) is 31.2 Å². The number of fused-ring (bicyclic) bond motifs is 1. The summed E-state index contributed by atoms with van der Waals surface area (Å²) in [7, 11) is -0.968. The summed E-state index contributed by atoms with van der Waals surface area (Å²) in [6.45, 7) is 1.62. The van der Waals surface area contributed by atoms with E-state index in [0.29, 0.717) is 32.3 Å². The third kappa shape index (κ3) is 3.93. The number of nitrogens with one attached hydrogen (secondary N) is 1. The van der Waals surface area contributed by atoms with Gasteiger partial charge in [-0.1, -0.05) is 22.8 Å². The predicted octanol–water partition coefficient (Wildman–Crippen LogP) is 4.65. The van der Waals surface area contributed by atoms with Crippen LogP contribution in [0.3, 0.4) is 0 Å². The largest absolute Gasteiger partial charge is 0.496 e. The molecule has 0 aliphatic carbocycles. The average molecular weight is 480 g/mol. The number of ether oxygens (including phenoxy) is 2. The van der Waals surface area contributed by atoms with Crippen LogP contribution in [0.5, 0.6) is 11.5 Å². The van der Waals surface area contributed by atoms with E-state index in [1.54, 1.807) is 57.7 Å². The molecule has 0 atom stereocenters. The number of pyridine rings is 1. The van der Waals surface area contributed by atoms with Gasteiger partial charge < -0.3 is 14.0 Å². The van der Waals surface area contributed by atoms with Crippen molar-refractivity contribution in [2.24, 2.45) is 0 Å². The second-order valence-electron chi connectivity index (χ2n) is 6.54. The predicted molar refractivity (Wildman–Crippen MR) is 119 cm³/mol. The number of sulfonamides is 1. The minimum absolute atomic E-state index is 0.0960. The highest BCUT2D eigenvalue weighted by atomic mass is 35.5.